The van der Waals surface area contributed by atoms with E-state index in [0.717, 1.165) is 25.8 Å². The van der Waals surface area contributed by atoms with E-state index in [-0.39, 0.29) is 11.8 Å². The molecule has 0 N–H and O–H groups in total. The quantitative estimate of drug-likeness (QED) is 0.611. The van der Waals surface area contributed by atoms with E-state index in [1.54, 1.807) is 0 Å². The first-order valence-corrected chi connectivity index (χ1v) is 5.56. The van der Waals surface area contributed by atoms with Crippen LogP contribution in [0.2, 0.25) is 0 Å². The molecule has 13 heavy (non-hydrogen) atoms. The minimum atomic E-state index is 0.0597. The van der Waals surface area contributed by atoms with E-state index in [1.807, 2.05) is 4.90 Å². The molecule has 0 saturated heterocycles. The molecule has 0 aliphatic rings. The van der Waals surface area contributed by atoms with Gasteiger partial charge in [-0.3, -0.25) is 4.79 Å². The van der Waals surface area contributed by atoms with Gasteiger partial charge in [-0.25, -0.2) is 0 Å². The first-order valence-electron chi connectivity index (χ1n) is 5.02. The maximum Gasteiger partial charge on any atom is 0.237 e. The second kappa shape index (κ2) is 7.19. The van der Waals surface area contributed by atoms with Gasteiger partial charge in [-0.1, -0.05) is 20.3 Å². The van der Waals surface area contributed by atoms with Crippen molar-refractivity contribution in [2.24, 2.45) is 0 Å². The van der Waals surface area contributed by atoms with Crippen molar-refractivity contribution in [3.63, 3.8) is 0 Å². The zero-order valence-corrected chi connectivity index (χ0v) is 9.60. The summed E-state index contributed by atoms with van der Waals surface area (Å²) in [5.74, 6) is 0.165. The van der Waals surface area contributed by atoms with Crippen LogP contribution in [-0.2, 0) is 4.79 Å². The zero-order chi connectivity index (χ0) is 10.3. The Labute approximate surface area is 86.2 Å². The van der Waals surface area contributed by atoms with Gasteiger partial charge in [0.1, 0.15) is 5.88 Å². The Morgan fingerprint density at radius 3 is 2.46 bits per heavy atom. The first-order chi connectivity index (χ1) is 6.17. The fourth-order valence-electron chi connectivity index (χ4n) is 1.22. The fraction of sp³-hybridized carbons (Fsp3) is 0.900. The van der Waals surface area contributed by atoms with Crippen LogP contribution >= 0.6 is 11.6 Å². The van der Waals surface area contributed by atoms with E-state index in [1.165, 1.54) is 0 Å². The summed E-state index contributed by atoms with van der Waals surface area (Å²) >= 11 is 5.54. The molecule has 0 aliphatic carbocycles. The zero-order valence-electron chi connectivity index (χ0n) is 8.85. The van der Waals surface area contributed by atoms with Crippen LogP contribution in [0.15, 0.2) is 0 Å². The van der Waals surface area contributed by atoms with Crippen molar-refractivity contribution < 1.29 is 4.79 Å². The van der Waals surface area contributed by atoms with Crippen LogP contribution in [-0.4, -0.2) is 29.3 Å². The van der Waals surface area contributed by atoms with Crippen LogP contribution in [0.4, 0.5) is 0 Å². The summed E-state index contributed by atoms with van der Waals surface area (Å²) in [6.45, 7) is 7.13. The molecule has 1 atom stereocenters. The average molecular weight is 206 g/mol. The van der Waals surface area contributed by atoms with Gasteiger partial charge in [0.25, 0.3) is 0 Å². The molecule has 0 heterocycles. The lowest BCUT2D eigenvalue weighted by Gasteiger charge is -2.27. The molecule has 0 aromatic heterocycles. The van der Waals surface area contributed by atoms with Crippen molar-refractivity contribution in [2.45, 2.75) is 46.1 Å². The molecule has 0 aliphatic heterocycles. The Morgan fingerprint density at radius 2 is 2.08 bits per heavy atom. The summed E-state index contributed by atoms with van der Waals surface area (Å²) in [5.41, 5.74) is 0. The van der Waals surface area contributed by atoms with Gasteiger partial charge in [0.05, 0.1) is 0 Å². The minimum Gasteiger partial charge on any atom is -0.339 e. The Morgan fingerprint density at radius 1 is 1.46 bits per heavy atom. The number of hydrogen-bond acceptors (Lipinski definition) is 1. The molecule has 0 radical (unpaired) electrons. The highest BCUT2D eigenvalue weighted by molar-refractivity contribution is 6.27. The lowest BCUT2D eigenvalue weighted by Crippen LogP contribution is -2.39. The second-order valence-electron chi connectivity index (χ2n) is 3.33. The van der Waals surface area contributed by atoms with Crippen molar-refractivity contribution in [1.82, 2.24) is 4.90 Å². The lowest BCUT2D eigenvalue weighted by molar-refractivity contribution is -0.130. The predicted molar refractivity (Wildman–Crippen MR) is 57.1 cm³/mol. The molecule has 1 amide bonds. The van der Waals surface area contributed by atoms with Crippen LogP contribution in [0.25, 0.3) is 0 Å². The van der Waals surface area contributed by atoms with Crippen molar-refractivity contribution in [3.8, 4) is 0 Å². The van der Waals surface area contributed by atoms with Crippen LogP contribution in [0, 0.1) is 0 Å². The summed E-state index contributed by atoms with van der Waals surface area (Å²) in [5, 5.41) is 0. The Kier molecular flexibility index (Phi) is 7.06. The van der Waals surface area contributed by atoms with E-state index in [4.69, 9.17) is 11.6 Å². The number of carbonyl (C=O) groups excluding carboxylic acids is 1. The molecule has 3 heteroatoms. The van der Waals surface area contributed by atoms with Crippen molar-refractivity contribution in [2.75, 3.05) is 12.4 Å². The number of carbonyl (C=O) groups is 1. The summed E-state index contributed by atoms with van der Waals surface area (Å²) in [6.07, 6.45) is 3.17. The highest BCUT2D eigenvalue weighted by Crippen LogP contribution is 2.06. The molecule has 2 nitrogen and oxygen atoms in total. The molecule has 0 fully saturated rings. The van der Waals surface area contributed by atoms with Gasteiger partial charge in [-0.05, 0) is 19.8 Å². The van der Waals surface area contributed by atoms with Gasteiger partial charge < -0.3 is 4.90 Å². The lowest BCUT2D eigenvalue weighted by atomic mass is 10.2. The third kappa shape index (κ3) is 4.51. The van der Waals surface area contributed by atoms with E-state index in [0.29, 0.717) is 6.04 Å². The number of unbranched alkanes of at least 4 members (excludes halogenated alkanes) is 1. The molecular weight excluding hydrogens is 186 g/mol. The van der Waals surface area contributed by atoms with E-state index in [9.17, 15) is 4.79 Å². The van der Waals surface area contributed by atoms with Gasteiger partial charge in [0, 0.05) is 12.6 Å². The number of hydrogen-bond donors (Lipinski definition) is 0. The van der Waals surface area contributed by atoms with Gasteiger partial charge >= 0.3 is 0 Å². The summed E-state index contributed by atoms with van der Waals surface area (Å²) < 4.78 is 0. The normalized spacial score (nSPS) is 12.6. The first kappa shape index (κ1) is 12.8. The van der Waals surface area contributed by atoms with E-state index in [2.05, 4.69) is 20.8 Å². The van der Waals surface area contributed by atoms with E-state index < -0.39 is 0 Å². The van der Waals surface area contributed by atoms with Crippen LogP contribution in [0.5, 0.6) is 0 Å². The molecule has 0 bridgehead atoms. The summed E-state index contributed by atoms with van der Waals surface area (Å²) in [7, 11) is 0. The van der Waals surface area contributed by atoms with E-state index >= 15 is 0 Å². The van der Waals surface area contributed by atoms with Crippen LogP contribution < -0.4 is 0 Å². The van der Waals surface area contributed by atoms with Crippen molar-refractivity contribution in [3.05, 3.63) is 0 Å². The maximum absolute atomic E-state index is 11.4. The molecular formula is C10H20ClNO. The fourth-order valence-corrected chi connectivity index (χ4v) is 1.37. The molecule has 0 spiro atoms. The minimum absolute atomic E-state index is 0.0597. The number of nitrogens with zero attached hydrogens (tertiary/aromatic N) is 1. The SMILES string of the molecule is CCCCN(C(=O)CCl)[C@H](C)CC. The smallest absolute Gasteiger partial charge is 0.237 e. The second-order valence-corrected chi connectivity index (χ2v) is 3.60. The number of rotatable bonds is 6. The van der Waals surface area contributed by atoms with Crippen molar-refractivity contribution >= 4 is 17.5 Å². The number of alkyl halides is 1. The number of halogens is 1. The average Bonchev–Trinajstić information content (AvgIpc) is 2.17. The molecule has 0 saturated carbocycles. The highest BCUT2D eigenvalue weighted by atomic mass is 35.5. The third-order valence-corrected chi connectivity index (χ3v) is 2.54. The summed E-state index contributed by atoms with van der Waals surface area (Å²) in [6, 6.07) is 0.317. The molecule has 0 aromatic rings. The van der Waals surface area contributed by atoms with Gasteiger partial charge in [0.15, 0.2) is 0 Å². The molecule has 0 aromatic carbocycles. The Hall–Kier alpha value is -0.240. The Balaban J connectivity index is 4.09. The number of amides is 1. The third-order valence-electron chi connectivity index (χ3n) is 2.31. The molecule has 78 valence electrons. The highest BCUT2D eigenvalue weighted by Gasteiger charge is 2.16. The largest absolute Gasteiger partial charge is 0.339 e. The monoisotopic (exact) mass is 205 g/mol. The molecule has 0 unspecified atom stereocenters. The molecule has 0 rings (SSSR count). The predicted octanol–water partition coefficient (Wildman–Crippen LogP) is 2.65. The van der Waals surface area contributed by atoms with Gasteiger partial charge in [-0.15, -0.1) is 11.6 Å². The Bertz CT molecular complexity index is 150. The maximum atomic E-state index is 11.4. The standard InChI is InChI=1S/C10H20ClNO/c1-4-6-7-12(9(3)5-2)10(13)8-11/h9H,4-8H2,1-3H3/t9-/m1/s1. The summed E-state index contributed by atoms with van der Waals surface area (Å²) in [4.78, 5) is 13.3. The van der Waals surface area contributed by atoms with Gasteiger partial charge in [0.2, 0.25) is 5.91 Å². The van der Waals surface area contributed by atoms with Crippen LogP contribution in [0.1, 0.15) is 40.0 Å². The van der Waals surface area contributed by atoms with Gasteiger partial charge in [-0.2, -0.15) is 0 Å². The van der Waals surface area contributed by atoms with Crippen LogP contribution in [0.3, 0.4) is 0 Å². The topological polar surface area (TPSA) is 20.3 Å². The van der Waals surface area contributed by atoms with Crippen molar-refractivity contribution in [1.29, 1.82) is 0 Å².